The first-order valence-electron chi connectivity index (χ1n) is 3.29. The van der Waals surface area contributed by atoms with Crippen LogP contribution in [0.3, 0.4) is 0 Å². The lowest BCUT2D eigenvalue weighted by Crippen LogP contribution is -2.01. The molecule has 2 heteroatoms. The van der Waals surface area contributed by atoms with Crippen molar-refractivity contribution in [2.45, 2.75) is 20.0 Å². The van der Waals surface area contributed by atoms with E-state index in [9.17, 15) is 0 Å². The summed E-state index contributed by atoms with van der Waals surface area (Å²) >= 11 is 5.41. The zero-order valence-electron chi connectivity index (χ0n) is 6.34. The highest BCUT2D eigenvalue weighted by Gasteiger charge is 1.96. The second kappa shape index (κ2) is 5.51. The molecule has 10 heavy (non-hydrogen) atoms. The Hall–Kier alpha value is -0.270. The van der Waals surface area contributed by atoms with Crippen LogP contribution in [-0.2, 0) is 0 Å². The van der Waals surface area contributed by atoms with Gasteiger partial charge in [0.1, 0.15) is 0 Å². The summed E-state index contributed by atoms with van der Waals surface area (Å²) < 4.78 is 0. The van der Waals surface area contributed by atoms with Crippen molar-refractivity contribution in [1.82, 2.24) is 0 Å². The molecule has 0 saturated carbocycles. The van der Waals surface area contributed by atoms with Crippen LogP contribution in [0.4, 0.5) is 0 Å². The molecule has 0 amide bonds. The van der Waals surface area contributed by atoms with Crippen molar-refractivity contribution in [3.63, 3.8) is 0 Å². The Morgan fingerprint density at radius 1 is 1.70 bits per heavy atom. The minimum absolute atomic E-state index is 0.399. The fraction of sp³-hybridized carbons (Fsp3) is 0.500. The Morgan fingerprint density at radius 2 is 2.30 bits per heavy atom. The molecule has 0 aromatic carbocycles. The molecule has 1 N–H and O–H groups in total. The van der Waals surface area contributed by atoms with Gasteiger partial charge in [0.05, 0.1) is 6.10 Å². The molecule has 1 unspecified atom stereocenters. The van der Waals surface area contributed by atoms with E-state index >= 15 is 0 Å². The minimum atomic E-state index is -0.399. The van der Waals surface area contributed by atoms with Crippen LogP contribution in [0.1, 0.15) is 13.8 Å². The van der Waals surface area contributed by atoms with Gasteiger partial charge < -0.3 is 5.11 Å². The molecule has 1 nitrogen and oxygen atoms in total. The SMILES string of the molecule is C/C=C(\C=C/CCl)C(C)O. The first kappa shape index (κ1) is 9.73. The Kier molecular flexibility index (Phi) is 5.36. The lowest BCUT2D eigenvalue weighted by atomic mass is 10.1. The second-order valence-corrected chi connectivity index (χ2v) is 2.33. The predicted octanol–water partition coefficient (Wildman–Crippen LogP) is 2.11. The highest BCUT2D eigenvalue weighted by molar-refractivity contribution is 6.18. The third kappa shape index (κ3) is 3.70. The van der Waals surface area contributed by atoms with Crippen LogP contribution in [0.2, 0.25) is 0 Å². The summed E-state index contributed by atoms with van der Waals surface area (Å²) in [7, 11) is 0. The van der Waals surface area contributed by atoms with Crippen molar-refractivity contribution in [2.24, 2.45) is 0 Å². The standard InChI is InChI=1S/C8H13ClO/c1-3-8(7(2)10)5-4-6-9/h3-5,7,10H,6H2,1-2H3/b5-4-,8-3+. The fourth-order valence-corrected chi connectivity index (χ4v) is 0.746. The highest BCUT2D eigenvalue weighted by Crippen LogP contribution is 2.02. The van der Waals surface area contributed by atoms with Crippen molar-refractivity contribution < 1.29 is 5.11 Å². The van der Waals surface area contributed by atoms with Gasteiger partial charge in [0.25, 0.3) is 0 Å². The second-order valence-electron chi connectivity index (χ2n) is 2.02. The fourth-order valence-electron chi connectivity index (χ4n) is 0.657. The van der Waals surface area contributed by atoms with E-state index in [1.807, 2.05) is 25.2 Å². The smallest absolute Gasteiger partial charge is 0.0758 e. The van der Waals surface area contributed by atoms with E-state index in [-0.39, 0.29) is 0 Å². The Morgan fingerprint density at radius 3 is 2.60 bits per heavy atom. The lowest BCUT2D eigenvalue weighted by molar-refractivity contribution is 0.235. The minimum Gasteiger partial charge on any atom is -0.389 e. The van der Waals surface area contributed by atoms with E-state index in [1.165, 1.54) is 0 Å². The summed E-state index contributed by atoms with van der Waals surface area (Å²) in [4.78, 5) is 0. The molecular weight excluding hydrogens is 148 g/mol. The molecule has 0 aliphatic heterocycles. The molecule has 0 bridgehead atoms. The Labute approximate surface area is 67.0 Å². The maximum Gasteiger partial charge on any atom is 0.0758 e. The molecule has 0 radical (unpaired) electrons. The van der Waals surface area contributed by atoms with Gasteiger partial charge in [0, 0.05) is 5.88 Å². The van der Waals surface area contributed by atoms with Gasteiger partial charge in [-0.3, -0.25) is 0 Å². The van der Waals surface area contributed by atoms with Crippen molar-refractivity contribution in [2.75, 3.05) is 5.88 Å². The third-order valence-electron chi connectivity index (χ3n) is 1.22. The van der Waals surface area contributed by atoms with E-state index in [2.05, 4.69) is 0 Å². The molecule has 0 aliphatic rings. The highest BCUT2D eigenvalue weighted by atomic mass is 35.5. The zero-order valence-corrected chi connectivity index (χ0v) is 7.10. The number of allylic oxidation sites excluding steroid dienone is 2. The van der Waals surface area contributed by atoms with E-state index < -0.39 is 6.10 Å². The number of alkyl halides is 1. The van der Waals surface area contributed by atoms with Gasteiger partial charge in [-0.1, -0.05) is 18.2 Å². The monoisotopic (exact) mass is 160 g/mol. The van der Waals surface area contributed by atoms with Gasteiger partial charge in [0.15, 0.2) is 0 Å². The van der Waals surface area contributed by atoms with Crippen LogP contribution < -0.4 is 0 Å². The number of aliphatic hydroxyl groups excluding tert-OH is 1. The summed E-state index contributed by atoms with van der Waals surface area (Å²) in [5.74, 6) is 0.490. The molecule has 58 valence electrons. The molecule has 0 fully saturated rings. The summed E-state index contributed by atoms with van der Waals surface area (Å²) in [6, 6.07) is 0. The maximum atomic E-state index is 9.08. The van der Waals surface area contributed by atoms with Crippen molar-refractivity contribution >= 4 is 11.6 Å². The molecule has 1 atom stereocenters. The van der Waals surface area contributed by atoms with Crippen molar-refractivity contribution in [1.29, 1.82) is 0 Å². The van der Waals surface area contributed by atoms with Gasteiger partial charge in [-0.25, -0.2) is 0 Å². The number of aliphatic hydroxyl groups is 1. The zero-order chi connectivity index (χ0) is 7.98. The average Bonchev–Trinajstić information content (AvgIpc) is 1.89. The summed E-state index contributed by atoms with van der Waals surface area (Å²) in [6.45, 7) is 3.62. The van der Waals surface area contributed by atoms with E-state index in [1.54, 1.807) is 6.92 Å². The molecule has 0 spiro atoms. The molecule has 0 heterocycles. The average molecular weight is 161 g/mol. The summed E-state index contributed by atoms with van der Waals surface area (Å²) in [5, 5.41) is 9.08. The topological polar surface area (TPSA) is 20.2 Å². The van der Waals surface area contributed by atoms with Crippen LogP contribution in [0.15, 0.2) is 23.8 Å². The largest absolute Gasteiger partial charge is 0.389 e. The first-order chi connectivity index (χ1) is 4.72. The van der Waals surface area contributed by atoms with Gasteiger partial charge in [-0.2, -0.15) is 0 Å². The van der Waals surface area contributed by atoms with Gasteiger partial charge in [-0.15, -0.1) is 11.6 Å². The summed E-state index contributed by atoms with van der Waals surface area (Å²) in [5.41, 5.74) is 0.903. The van der Waals surface area contributed by atoms with Crippen LogP contribution in [0.25, 0.3) is 0 Å². The Balaban J connectivity index is 3.98. The van der Waals surface area contributed by atoms with Gasteiger partial charge >= 0.3 is 0 Å². The molecular formula is C8H13ClO. The lowest BCUT2D eigenvalue weighted by Gasteiger charge is -2.02. The quantitative estimate of drug-likeness (QED) is 0.495. The molecule has 0 aromatic heterocycles. The molecule has 0 rings (SSSR count). The van der Waals surface area contributed by atoms with Crippen LogP contribution in [0.5, 0.6) is 0 Å². The molecule has 0 aromatic rings. The predicted molar refractivity (Wildman–Crippen MR) is 45.3 cm³/mol. The molecule has 0 aliphatic carbocycles. The Bertz CT molecular complexity index is 136. The van der Waals surface area contributed by atoms with E-state index in [0.717, 1.165) is 5.57 Å². The summed E-state index contributed by atoms with van der Waals surface area (Å²) in [6.07, 6.45) is 5.11. The normalized spacial score (nSPS) is 16.2. The number of hydrogen-bond acceptors (Lipinski definition) is 1. The van der Waals surface area contributed by atoms with Gasteiger partial charge in [0.2, 0.25) is 0 Å². The van der Waals surface area contributed by atoms with Gasteiger partial charge in [-0.05, 0) is 19.4 Å². The first-order valence-corrected chi connectivity index (χ1v) is 3.82. The van der Waals surface area contributed by atoms with E-state index in [4.69, 9.17) is 16.7 Å². The number of hydrogen-bond donors (Lipinski definition) is 1. The van der Waals surface area contributed by atoms with Crippen LogP contribution in [-0.4, -0.2) is 17.1 Å². The maximum absolute atomic E-state index is 9.08. The van der Waals surface area contributed by atoms with Crippen LogP contribution in [0, 0.1) is 0 Å². The number of halogens is 1. The van der Waals surface area contributed by atoms with Crippen molar-refractivity contribution in [3.8, 4) is 0 Å². The van der Waals surface area contributed by atoms with Crippen LogP contribution >= 0.6 is 11.6 Å². The number of rotatable bonds is 3. The third-order valence-corrected chi connectivity index (χ3v) is 1.39. The van der Waals surface area contributed by atoms with Crippen molar-refractivity contribution in [3.05, 3.63) is 23.8 Å². The van der Waals surface area contributed by atoms with E-state index in [0.29, 0.717) is 5.88 Å². The molecule has 0 saturated heterocycles.